The monoisotopic (exact) mass is 132 g/mol. The summed E-state index contributed by atoms with van der Waals surface area (Å²) < 4.78 is 0. The van der Waals surface area contributed by atoms with E-state index in [9.17, 15) is 5.11 Å². The third-order valence-corrected chi connectivity index (χ3v) is 1.94. The average molecular weight is 132 g/mol. The van der Waals surface area contributed by atoms with E-state index in [1.165, 1.54) is 0 Å². The van der Waals surface area contributed by atoms with Crippen LogP contribution in [0.5, 0.6) is 0 Å². The Labute approximate surface area is 55.5 Å². The molecule has 0 heterocycles. The highest BCUT2D eigenvalue weighted by atomic mass is 32.1. The summed E-state index contributed by atoms with van der Waals surface area (Å²) in [6.07, 6.45) is 4.04. The molecular formula is C6H12OS. The maximum Gasteiger partial charge on any atom is 0.0650 e. The molecule has 0 spiro atoms. The Balaban J connectivity index is 2.01. The lowest BCUT2D eigenvalue weighted by Gasteiger charge is -2.02. The van der Waals surface area contributed by atoms with Crippen LogP contribution in [-0.4, -0.2) is 16.5 Å². The Morgan fingerprint density at radius 3 is 2.50 bits per heavy atom. The van der Waals surface area contributed by atoms with Gasteiger partial charge in [-0.15, -0.1) is 0 Å². The van der Waals surface area contributed by atoms with Gasteiger partial charge in [0.05, 0.1) is 5.60 Å². The highest BCUT2D eigenvalue weighted by Gasteiger charge is 2.38. The summed E-state index contributed by atoms with van der Waals surface area (Å²) >= 11 is 4.05. The first kappa shape index (κ1) is 6.43. The van der Waals surface area contributed by atoms with Crippen LogP contribution in [0.15, 0.2) is 0 Å². The van der Waals surface area contributed by atoms with Gasteiger partial charge in [-0.25, -0.2) is 0 Å². The van der Waals surface area contributed by atoms with Gasteiger partial charge < -0.3 is 5.11 Å². The van der Waals surface area contributed by atoms with Crippen LogP contribution < -0.4 is 0 Å². The van der Waals surface area contributed by atoms with Crippen LogP contribution >= 0.6 is 12.6 Å². The molecule has 0 aromatic heterocycles. The van der Waals surface area contributed by atoms with Crippen molar-refractivity contribution in [1.29, 1.82) is 0 Å². The van der Waals surface area contributed by atoms with Crippen molar-refractivity contribution in [3.8, 4) is 0 Å². The molecule has 0 saturated heterocycles. The third kappa shape index (κ3) is 1.67. The Morgan fingerprint density at radius 2 is 2.12 bits per heavy atom. The van der Waals surface area contributed by atoms with Crippen LogP contribution in [0.1, 0.15) is 25.7 Å². The molecule has 1 aliphatic carbocycles. The highest BCUT2D eigenvalue weighted by molar-refractivity contribution is 7.80. The van der Waals surface area contributed by atoms with E-state index in [0.29, 0.717) is 0 Å². The van der Waals surface area contributed by atoms with E-state index in [2.05, 4.69) is 12.6 Å². The first-order valence-corrected chi connectivity index (χ1v) is 3.73. The van der Waals surface area contributed by atoms with Crippen LogP contribution in [0.25, 0.3) is 0 Å². The third-order valence-electron chi connectivity index (χ3n) is 1.63. The second kappa shape index (κ2) is 2.28. The van der Waals surface area contributed by atoms with Gasteiger partial charge in [0.25, 0.3) is 0 Å². The maximum absolute atomic E-state index is 9.23. The molecule has 1 saturated carbocycles. The predicted molar refractivity (Wildman–Crippen MR) is 37.3 cm³/mol. The van der Waals surface area contributed by atoms with E-state index < -0.39 is 0 Å². The summed E-state index contributed by atoms with van der Waals surface area (Å²) in [5.74, 6) is 0.905. The molecule has 1 nitrogen and oxygen atoms in total. The smallest absolute Gasteiger partial charge is 0.0650 e. The normalized spacial score (nSPS) is 23.2. The maximum atomic E-state index is 9.23. The summed E-state index contributed by atoms with van der Waals surface area (Å²) in [5.41, 5.74) is -0.247. The van der Waals surface area contributed by atoms with Gasteiger partial charge in [-0.05, 0) is 31.4 Å². The molecule has 1 rings (SSSR count). The first-order valence-electron chi connectivity index (χ1n) is 3.10. The molecule has 1 fully saturated rings. The fourth-order valence-corrected chi connectivity index (χ4v) is 0.961. The molecule has 0 radical (unpaired) electrons. The number of rotatable bonds is 3. The van der Waals surface area contributed by atoms with Gasteiger partial charge in [0.1, 0.15) is 0 Å². The van der Waals surface area contributed by atoms with Crippen LogP contribution in [0.4, 0.5) is 0 Å². The fraction of sp³-hybridized carbons (Fsp3) is 1.00. The van der Waals surface area contributed by atoms with Gasteiger partial charge in [0, 0.05) is 0 Å². The van der Waals surface area contributed by atoms with Gasteiger partial charge in [-0.1, -0.05) is 0 Å². The van der Waals surface area contributed by atoms with Gasteiger partial charge in [-0.3, -0.25) is 0 Å². The minimum absolute atomic E-state index is 0.247. The van der Waals surface area contributed by atoms with Crippen molar-refractivity contribution in [3.05, 3.63) is 0 Å². The second-order valence-electron chi connectivity index (χ2n) is 2.55. The Hall–Kier alpha value is 0.310. The zero-order valence-corrected chi connectivity index (χ0v) is 5.82. The summed E-state index contributed by atoms with van der Waals surface area (Å²) in [5, 5.41) is 9.23. The molecule has 8 heavy (non-hydrogen) atoms. The van der Waals surface area contributed by atoms with Gasteiger partial charge >= 0.3 is 0 Å². The molecule has 0 aromatic rings. The van der Waals surface area contributed by atoms with Crippen molar-refractivity contribution in [1.82, 2.24) is 0 Å². The molecule has 48 valence electrons. The lowest BCUT2D eigenvalue weighted by molar-refractivity contribution is 0.139. The Kier molecular flexibility index (Phi) is 1.83. The molecule has 0 bridgehead atoms. The molecule has 0 aliphatic heterocycles. The SMILES string of the molecule is OC1(CCCS)CC1. The standard InChI is InChI=1S/C6H12OS/c7-6(3-4-6)2-1-5-8/h7-8H,1-5H2. The first-order chi connectivity index (χ1) is 3.77. The summed E-state index contributed by atoms with van der Waals surface area (Å²) in [6, 6.07) is 0. The summed E-state index contributed by atoms with van der Waals surface area (Å²) in [4.78, 5) is 0. The molecule has 0 amide bonds. The predicted octanol–water partition coefficient (Wildman–Crippen LogP) is 1.22. The van der Waals surface area contributed by atoms with Gasteiger partial charge in [-0.2, -0.15) is 12.6 Å². The van der Waals surface area contributed by atoms with Crippen molar-refractivity contribution < 1.29 is 5.11 Å². The van der Waals surface area contributed by atoms with Crippen LogP contribution in [0, 0.1) is 0 Å². The highest BCUT2D eigenvalue weighted by Crippen LogP contribution is 2.39. The molecule has 1 aliphatic rings. The van der Waals surface area contributed by atoms with Crippen LogP contribution in [0.2, 0.25) is 0 Å². The molecule has 0 aromatic carbocycles. The number of hydrogen-bond acceptors (Lipinski definition) is 2. The van der Waals surface area contributed by atoms with Crippen molar-refractivity contribution in [2.24, 2.45) is 0 Å². The molecule has 2 heteroatoms. The second-order valence-corrected chi connectivity index (χ2v) is 3.00. The minimum atomic E-state index is -0.247. The molecule has 1 N–H and O–H groups in total. The lowest BCUT2D eigenvalue weighted by Crippen LogP contribution is -2.05. The van der Waals surface area contributed by atoms with Gasteiger partial charge in [0.2, 0.25) is 0 Å². The number of aliphatic hydroxyl groups is 1. The van der Waals surface area contributed by atoms with Crippen LogP contribution in [-0.2, 0) is 0 Å². The number of thiol groups is 1. The zero-order valence-electron chi connectivity index (χ0n) is 4.93. The molecule has 0 unspecified atom stereocenters. The fourth-order valence-electron chi connectivity index (χ4n) is 0.802. The molecular weight excluding hydrogens is 120 g/mol. The van der Waals surface area contributed by atoms with Crippen molar-refractivity contribution >= 4 is 12.6 Å². The van der Waals surface area contributed by atoms with E-state index in [0.717, 1.165) is 31.4 Å². The average Bonchev–Trinajstić information content (AvgIpc) is 2.45. The zero-order chi connectivity index (χ0) is 6.04. The quantitative estimate of drug-likeness (QED) is 0.553. The topological polar surface area (TPSA) is 20.2 Å². The van der Waals surface area contributed by atoms with Crippen molar-refractivity contribution in [2.45, 2.75) is 31.3 Å². The van der Waals surface area contributed by atoms with E-state index in [4.69, 9.17) is 0 Å². The van der Waals surface area contributed by atoms with Crippen molar-refractivity contribution in [3.63, 3.8) is 0 Å². The Morgan fingerprint density at radius 1 is 1.50 bits per heavy atom. The van der Waals surface area contributed by atoms with Crippen molar-refractivity contribution in [2.75, 3.05) is 5.75 Å². The summed E-state index contributed by atoms with van der Waals surface area (Å²) in [7, 11) is 0. The van der Waals surface area contributed by atoms with Crippen LogP contribution in [0.3, 0.4) is 0 Å². The largest absolute Gasteiger partial charge is 0.390 e. The minimum Gasteiger partial charge on any atom is -0.390 e. The Bertz CT molecular complexity index is 78.6. The lowest BCUT2D eigenvalue weighted by atomic mass is 10.2. The van der Waals surface area contributed by atoms with E-state index in [1.54, 1.807) is 0 Å². The van der Waals surface area contributed by atoms with E-state index >= 15 is 0 Å². The van der Waals surface area contributed by atoms with Gasteiger partial charge in [0.15, 0.2) is 0 Å². The van der Waals surface area contributed by atoms with E-state index in [1.807, 2.05) is 0 Å². The number of hydrogen-bond donors (Lipinski definition) is 2. The van der Waals surface area contributed by atoms with E-state index in [-0.39, 0.29) is 5.60 Å². The summed E-state index contributed by atoms with van der Waals surface area (Å²) in [6.45, 7) is 0. The molecule has 0 atom stereocenters.